The molecule has 1 saturated carbocycles. The molecule has 2 aliphatic rings. The van der Waals surface area contributed by atoms with Crippen LogP contribution in [0, 0.1) is 5.92 Å². The molecule has 2 heterocycles. The van der Waals surface area contributed by atoms with Gasteiger partial charge >= 0.3 is 0 Å². The van der Waals surface area contributed by atoms with E-state index in [4.69, 9.17) is 0 Å². The maximum Gasteiger partial charge on any atom is 0.0570 e. The van der Waals surface area contributed by atoms with Gasteiger partial charge in [0.05, 0.1) is 5.69 Å². The zero-order chi connectivity index (χ0) is 13.8. The fourth-order valence-electron chi connectivity index (χ4n) is 3.96. The number of hydrogen-bond donors (Lipinski definition) is 2. The van der Waals surface area contributed by atoms with E-state index in [1.165, 1.54) is 45.1 Å². The van der Waals surface area contributed by atoms with Crippen molar-refractivity contribution in [3.05, 3.63) is 30.1 Å². The molecule has 0 bridgehead atoms. The number of nitrogens with zero attached hydrogens (tertiary/aromatic N) is 1. The van der Waals surface area contributed by atoms with Crippen molar-refractivity contribution in [1.29, 1.82) is 0 Å². The van der Waals surface area contributed by atoms with Gasteiger partial charge in [-0.3, -0.25) is 4.98 Å². The third-order valence-corrected chi connectivity index (χ3v) is 5.03. The molecule has 1 aromatic rings. The highest BCUT2D eigenvalue weighted by Crippen LogP contribution is 2.33. The first-order valence-corrected chi connectivity index (χ1v) is 8.25. The predicted octanol–water partition coefficient (Wildman–Crippen LogP) is 3.04. The smallest absolute Gasteiger partial charge is 0.0570 e. The van der Waals surface area contributed by atoms with E-state index < -0.39 is 0 Å². The molecule has 0 aromatic carbocycles. The molecule has 0 spiro atoms. The fourth-order valence-corrected chi connectivity index (χ4v) is 3.96. The first-order chi connectivity index (χ1) is 9.84. The molecule has 20 heavy (non-hydrogen) atoms. The monoisotopic (exact) mass is 273 g/mol. The Kier molecular flexibility index (Phi) is 4.69. The molecule has 2 fully saturated rings. The van der Waals surface area contributed by atoms with E-state index in [0.717, 1.165) is 17.7 Å². The Labute approximate surface area is 122 Å². The van der Waals surface area contributed by atoms with Crippen molar-refractivity contribution < 1.29 is 0 Å². The molecule has 2 N–H and O–H groups in total. The molecule has 3 heteroatoms. The maximum absolute atomic E-state index is 4.48. The lowest BCUT2D eigenvalue weighted by atomic mass is 9.88. The highest BCUT2D eigenvalue weighted by molar-refractivity contribution is 5.08. The minimum atomic E-state index is 0.352. The van der Waals surface area contributed by atoms with Crippen LogP contribution in [-0.2, 0) is 0 Å². The molecule has 1 aromatic heterocycles. The van der Waals surface area contributed by atoms with E-state index in [0.29, 0.717) is 12.1 Å². The van der Waals surface area contributed by atoms with Gasteiger partial charge in [0.15, 0.2) is 0 Å². The van der Waals surface area contributed by atoms with Crippen LogP contribution in [0.2, 0.25) is 0 Å². The molecule has 1 aliphatic heterocycles. The van der Waals surface area contributed by atoms with E-state index in [1.807, 2.05) is 12.3 Å². The van der Waals surface area contributed by atoms with Crippen LogP contribution in [0.1, 0.15) is 57.2 Å². The van der Waals surface area contributed by atoms with E-state index in [-0.39, 0.29) is 0 Å². The first-order valence-electron chi connectivity index (χ1n) is 8.25. The molecule has 3 nitrogen and oxygen atoms in total. The summed E-state index contributed by atoms with van der Waals surface area (Å²) in [5.41, 5.74) is 1.16. The largest absolute Gasteiger partial charge is 0.314 e. The molecule has 1 saturated heterocycles. The summed E-state index contributed by atoms with van der Waals surface area (Å²) in [6.45, 7) is 3.45. The quantitative estimate of drug-likeness (QED) is 0.885. The van der Waals surface area contributed by atoms with Gasteiger partial charge in [-0.25, -0.2) is 0 Å². The molecule has 0 radical (unpaired) electrons. The topological polar surface area (TPSA) is 37.0 Å². The molecular formula is C17H27N3. The third kappa shape index (κ3) is 3.21. The van der Waals surface area contributed by atoms with Crippen LogP contribution in [0.25, 0.3) is 0 Å². The number of nitrogens with one attached hydrogen (secondary N) is 2. The number of piperidine rings is 1. The second-order valence-corrected chi connectivity index (χ2v) is 6.40. The van der Waals surface area contributed by atoms with E-state index >= 15 is 0 Å². The van der Waals surface area contributed by atoms with Crippen LogP contribution in [0.3, 0.4) is 0 Å². The second-order valence-electron chi connectivity index (χ2n) is 6.40. The summed E-state index contributed by atoms with van der Waals surface area (Å²) in [7, 11) is 0. The van der Waals surface area contributed by atoms with Gasteiger partial charge in [-0.15, -0.1) is 0 Å². The first kappa shape index (κ1) is 14.0. The molecule has 3 rings (SSSR count). The lowest BCUT2D eigenvalue weighted by Gasteiger charge is -2.34. The summed E-state index contributed by atoms with van der Waals surface area (Å²) in [4.78, 5) is 4.48. The van der Waals surface area contributed by atoms with Crippen LogP contribution in [0.5, 0.6) is 0 Å². The van der Waals surface area contributed by atoms with Gasteiger partial charge < -0.3 is 10.6 Å². The van der Waals surface area contributed by atoms with Crippen molar-refractivity contribution in [2.75, 3.05) is 6.54 Å². The Balaban J connectivity index is 1.61. The normalized spacial score (nSPS) is 32.1. The van der Waals surface area contributed by atoms with Crippen LogP contribution in [0.4, 0.5) is 0 Å². The summed E-state index contributed by atoms with van der Waals surface area (Å²) >= 11 is 0. The summed E-state index contributed by atoms with van der Waals surface area (Å²) in [6, 6.07) is 7.93. The van der Waals surface area contributed by atoms with Gasteiger partial charge in [0, 0.05) is 24.3 Å². The Morgan fingerprint density at radius 1 is 1.20 bits per heavy atom. The van der Waals surface area contributed by atoms with E-state index in [9.17, 15) is 0 Å². The van der Waals surface area contributed by atoms with Gasteiger partial charge in [0.1, 0.15) is 0 Å². The van der Waals surface area contributed by atoms with Gasteiger partial charge in [0.2, 0.25) is 0 Å². The molecular weight excluding hydrogens is 246 g/mol. The van der Waals surface area contributed by atoms with Crippen molar-refractivity contribution in [3.63, 3.8) is 0 Å². The summed E-state index contributed by atoms with van der Waals surface area (Å²) in [5, 5.41) is 7.59. The third-order valence-electron chi connectivity index (χ3n) is 5.03. The van der Waals surface area contributed by atoms with Crippen molar-refractivity contribution in [2.24, 2.45) is 5.92 Å². The zero-order valence-corrected chi connectivity index (χ0v) is 12.5. The van der Waals surface area contributed by atoms with Crippen LogP contribution in [0.15, 0.2) is 24.4 Å². The average Bonchev–Trinajstić information content (AvgIpc) is 2.97. The zero-order valence-electron chi connectivity index (χ0n) is 12.5. The fraction of sp³-hybridized carbons (Fsp3) is 0.706. The van der Waals surface area contributed by atoms with Crippen molar-refractivity contribution in [2.45, 2.75) is 63.6 Å². The second kappa shape index (κ2) is 6.68. The van der Waals surface area contributed by atoms with E-state index in [1.54, 1.807) is 0 Å². The van der Waals surface area contributed by atoms with Crippen LogP contribution >= 0.6 is 0 Å². The molecule has 3 unspecified atom stereocenters. The lowest BCUT2D eigenvalue weighted by molar-refractivity contribution is 0.248. The van der Waals surface area contributed by atoms with Crippen LogP contribution in [-0.4, -0.2) is 23.6 Å². The molecule has 110 valence electrons. The Bertz CT molecular complexity index is 400. The number of rotatable bonds is 4. The highest BCUT2D eigenvalue weighted by Gasteiger charge is 2.34. The van der Waals surface area contributed by atoms with E-state index in [2.05, 4.69) is 34.7 Å². The van der Waals surface area contributed by atoms with Gasteiger partial charge in [-0.2, -0.15) is 0 Å². The Morgan fingerprint density at radius 3 is 2.90 bits per heavy atom. The Hall–Kier alpha value is -0.930. The van der Waals surface area contributed by atoms with Crippen molar-refractivity contribution in [1.82, 2.24) is 15.6 Å². The Morgan fingerprint density at radius 2 is 2.15 bits per heavy atom. The average molecular weight is 273 g/mol. The lowest BCUT2D eigenvalue weighted by Crippen LogP contribution is -2.47. The molecule has 0 amide bonds. The van der Waals surface area contributed by atoms with Gasteiger partial charge in [0.25, 0.3) is 0 Å². The molecule has 1 aliphatic carbocycles. The van der Waals surface area contributed by atoms with Gasteiger partial charge in [-0.05, 0) is 57.2 Å². The summed E-state index contributed by atoms with van der Waals surface area (Å²) in [5.74, 6) is 0.807. The molecule has 4 atom stereocenters. The van der Waals surface area contributed by atoms with Crippen LogP contribution < -0.4 is 10.6 Å². The highest BCUT2D eigenvalue weighted by atomic mass is 15.0. The van der Waals surface area contributed by atoms with Crippen molar-refractivity contribution >= 4 is 0 Å². The van der Waals surface area contributed by atoms with Crippen molar-refractivity contribution in [3.8, 4) is 0 Å². The number of hydrogen-bond acceptors (Lipinski definition) is 3. The maximum atomic E-state index is 4.48. The standard InChI is InChI=1S/C17H27N3/c1-13(15-8-2-4-11-18-15)20-17-10-6-7-14(17)16-9-3-5-12-19-16/h2,4,8,11,13-14,16-17,19-20H,3,5-7,9-10,12H2,1H3/t13-,14?,16?,17?/m1/s1. The minimum absolute atomic E-state index is 0.352. The summed E-state index contributed by atoms with van der Waals surface area (Å²) < 4.78 is 0. The number of aromatic nitrogens is 1. The number of pyridine rings is 1. The minimum Gasteiger partial charge on any atom is -0.314 e. The predicted molar refractivity (Wildman–Crippen MR) is 82.6 cm³/mol. The van der Waals surface area contributed by atoms with Gasteiger partial charge in [-0.1, -0.05) is 18.9 Å². The SMILES string of the molecule is C[C@@H](NC1CCCC1C1CCCCN1)c1ccccn1. The summed E-state index contributed by atoms with van der Waals surface area (Å²) in [6.07, 6.45) is 10.1.